The van der Waals surface area contributed by atoms with E-state index < -0.39 is 0 Å². The van der Waals surface area contributed by atoms with E-state index in [1.807, 2.05) is 50.4 Å². The maximum absolute atomic E-state index is 6.05. The van der Waals surface area contributed by atoms with Gasteiger partial charge in [-0.1, -0.05) is 23.4 Å². The SMILES string of the molecule is C/C=C/COc1cc(C)c(OCCCCc2ccc(/C(C)=N/OC)nc2)c(C)c1. The molecule has 0 amide bonds. The van der Waals surface area contributed by atoms with E-state index in [4.69, 9.17) is 14.3 Å². The first-order valence-electron chi connectivity index (χ1n) is 10.1. The van der Waals surface area contributed by atoms with E-state index in [-0.39, 0.29) is 0 Å². The molecule has 1 aromatic carbocycles. The summed E-state index contributed by atoms with van der Waals surface area (Å²) in [6.07, 6.45) is 8.91. The van der Waals surface area contributed by atoms with Gasteiger partial charge in [0.25, 0.3) is 0 Å². The number of rotatable bonds is 11. The summed E-state index contributed by atoms with van der Waals surface area (Å²) < 4.78 is 11.8. The van der Waals surface area contributed by atoms with E-state index in [0.717, 1.165) is 53.3 Å². The Morgan fingerprint density at radius 3 is 2.48 bits per heavy atom. The van der Waals surface area contributed by atoms with Crippen molar-refractivity contribution in [2.24, 2.45) is 5.16 Å². The second kappa shape index (κ2) is 11.9. The third-order valence-electron chi connectivity index (χ3n) is 4.55. The Labute approximate surface area is 174 Å². The molecule has 0 aliphatic heterocycles. The molecule has 0 unspecified atom stereocenters. The van der Waals surface area contributed by atoms with Crippen LogP contribution in [-0.2, 0) is 11.3 Å². The van der Waals surface area contributed by atoms with Gasteiger partial charge in [0.05, 0.1) is 12.3 Å². The molecule has 0 bridgehead atoms. The topological polar surface area (TPSA) is 52.9 Å². The molecule has 1 aromatic heterocycles. The summed E-state index contributed by atoms with van der Waals surface area (Å²) in [4.78, 5) is 9.23. The first-order chi connectivity index (χ1) is 14.0. The highest BCUT2D eigenvalue weighted by Gasteiger charge is 2.07. The molecule has 0 saturated heterocycles. The van der Waals surface area contributed by atoms with Gasteiger partial charge in [-0.25, -0.2) is 0 Å². The van der Waals surface area contributed by atoms with E-state index in [9.17, 15) is 0 Å². The minimum atomic E-state index is 0.587. The van der Waals surface area contributed by atoms with Crippen LogP contribution in [0.3, 0.4) is 0 Å². The van der Waals surface area contributed by atoms with Crippen LogP contribution >= 0.6 is 0 Å². The van der Waals surface area contributed by atoms with Gasteiger partial charge in [0.2, 0.25) is 0 Å². The van der Waals surface area contributed by atoms with Crippen LogP contribution in [0.5, 0.6) is 11.5 Å². The molecule has 0 aliphatic carbocycles. The molecule has 0 atom stereocenters. The van der Waals surface area contributed by atoms with Gasteiger partial charge >= 0.3 is 0 Å². The maximum Gasteiger partial charge on any atom is 0.125 e. The number of aromatic nitrogens is 1. The predicted molar refractivity (Wildman–Crippen MR) is 118 cm³/mol. The van der Waals surface area contributed by atoms with Gasteiger partial charge in [0, 0.05) is 6.20 Å². The van der Waals surface area contributed by atoms with Crippen LogP contribution in [0.2, 0.25) is 0 Å². The number of ether oxygens (including phenoxy) is 2. The van der Waals surface area contributed by atoms with Crippen molar-refractivity contribution >= 4 is 5.71 Å². The summed E-state index contributed by atoms with van der Waals surface area (Å²) in [5, 5.41) is 3.90. The average molecular weight is 397 g/mol. The molecule has 0 fully saturated rings. The smallest absolute Gasteiger partial charge is 0.125 e. The van der Waals surface area contributed by atoms with Gasteiger partial charge in [-0.15, -0.1) is 0 Å². The monoisotopic (exact) mass is 396 g/mol. The first kappa shape index (κ1) is 22.5. The van der Waals surface area contributed by atoms with Crippen LogP contribution in [-0.4, -0.2) is 31.0 Å². The van der Waals surface area contributed by atoms with E-state index >= 15 is 0 Å². The molecule has 5 nitrogen and oxygen atoms in total. The Balaban J connectivity index is 1.78. The summed E-state index contributed by atoms with van der Waals surface area (Å²) in [5.41, 5.74) is 5.04. The molecule has 5 heteroatoms. The third-order valence-corrected chi connectivity index (χ3v) is 4.55. The number of nitrogens with zero attached hydrogens (tertiary/aromatic N) is 2. The largest absolute Gasteiger partial charge is 0.493 e. The van der Waals surface area contributed by atoms with Crippen molar-refractivity contribution in [1.82, 2.24) is 4.98 Å². The fourth-order valence-corrected chi connectivity index (χ4v) is 3.04. The molecule has 0 N–H and O–H groups in total. The molecule has 0 radical (unpaired) electrons. The second-order valence-corrected chi connectivity index (χ2v) is 6.98. The summed E-state index contributed by atoms with van der Waals surface area (Å²) >= 11 is 0. The number of hydrogen-bond donors (Lipinski definition) is 0. The molecule has 0 saturated carbocycles. The van der Waals surface area contributed by atoms with E-state index in [1.54, 1.807) is 0 Å². The number of unbranched alkanes of at least 4 members (excludes halogenated alkanes) is 1. The Hall–Kier alpha value is -2.82. The molecular weight excluding hydrogens is 364 g/mol. The van der Waals surface area contributed by atoms with Crippen molar-refractivity contribution in [3.8, 4) is 11.5 Å². The van der Waals surface area contributed by atoms with Crippen molar-refractivity contribution in [2.75, 3.05) is 20.3 Å². The lowest BCUT2D eigenvalue weighted by Gasteiger charge is -2.14. The molecule has 156 valence electrons. The van der Waals surface area contributed by atoms with Crippen molar-refractivity contribution in [2.45, 2.75) is 47.0 Å². The number of hydrogen-bond acceptors (Lipinski definition) is 5. The maximum atomic E-state index is 6.05. The number of benzene rings is 1. The highest BCUT2D eigenvalue weighted by atomic mass is 16.6. The van der Waals surface area contributed by atoms with Crippen LogP contribution in [0, 0.1) is 13.8 Å². The molecule has 2 aromatic rings. The molecular formula is C24H32N2O3. The Morgan fingerprint density at radius 2 is 1.86 bits per heavy atom. The van der Waals surface area contributed by atoms with Crippen molar-refractivity contribution in [1.29, 1.82) is 0 Å². The minimum absolute atomic E-state index is 0.587. The van der Waals surface area contributed by atoms with E-state index in [1.165, 1.54) is 12.7 Å². The van der Waals surface area contributed by atoms with Crippen molar-refractivity contribution < 1.29 is 14.3 Å². The van der Waals surface area contributed by atoms with Crippen LogP contribution in [0.1, 0.15) is 49.1 Å². The zero-order valence-corrected chi connectivity index (χ0v) is 18.2. The fourth-order valence-electron chi connectivity index (χ4n) is 3.04. The minimum Gasteiger partial charge on any atom is -0.493 e. The molecule has 0 aliphatic rings. The zero-order chi connectivity index (χ0) is 21.1. The number of pyridine rings is 1. The lowest BCUT2D eigenvalue weighted by atomic mass is 10.1. The Kier molecular flexibility index (Phi) is 9.22. The van der Waals surface area contributed by atoms with Crippen LogP contribution in [0.25, 0.3) is 0 Å². The van der Waals surface area contributed by atoms with Crippen molar-refractivity contribution in [3.05, 3.63) is 65.0 Å². The third kappa shape index (κ3) is 7.26. The van der Waals surface area contributed by atoms with Gasteiger partial charge < -0.3 is 14.3 Å². The van der Waals surface area contributed by atoms with Gasteiger partial charge in [-0.3, -0.25) is 4.98 Å². The second-order valence-electron chi connectivity index (χ2n) is 6.98. The highest BCUT2D eigenvalue weighted by Crippen LogP contribution is 2.28. The summed E-state index contributed by atoms with van der Waals surface area (Å²) in [6, 6.07) is 8.15. The number of aryl methyl sites for hydroxylation is 3. The van der Waals surface area contributed by atoms with Crippen molar-refractivity contribution in [3.63, 3.8) is 0 Å². The fraction of sp³-hybridized carbons (Fsp3) is 0.417. The van der Waals surface area contributed by atoms with Gasteiger partial charge in [0.15, 0.2) is 0 Å². The molecule has 1 heterocycles. The molecule has 29 heavy (non-hydrogen) atoms. The quantitative estimate of drug-likeness (QED) is 0.220. The zero-order valence-electron chi connectivity index (χ0n) is 18.2. The van der Waals surface area contributed by atoms with Gasteiger partial charge in [0.1, 0.15) is 30.9 Å². The first-order valence-corrected chi connectivity index (χ1v) is 10.1. The molecule has 0 spiro atoms. The summed E-state index contributed by atoms with van der Waals surface area (Å²) in [5.74, 6) is 1.84. The van der Waals surface area contributed by atoms with Gasteiger partial charge in [-0.2, -0.15) is 0 Å². The van der Waals surface area contributed by atoms with Crippen LogP contribution < -0.4 is 9.47 Å². The number of allylic oxidation sites excluding steroid dienone is 1. The molecule has 2 rings (SSSR count). The van der Waals surface area contributed by atoms with Crippen LogP contribution in [0.4, 0.5) is 0 Å². The predicted octanol–water partition coefficient (Wildman–Crippen LogP) is 5.43. The van der Waals surface area contributed by atoms with E-state index in [0.29, 0.717) is 13.2 Å². The van der Waals surface area contributed by atoms with Gasteiger partial charge in [-0.05, 0) is 81.8 Å². The van der Waals surface area contributed by atoms with E-state index in [2.05, 4.69) is 30.1 Å². The lowest BCUT2D eigenvalue weighted by molar-refractivity contribution is 0.213. The Bertz CT molecular complexity index is 804. The summed E-state index contributed by atoms with van der Waals surface area (Å²) in [6.45, 7) is 9.28. The average Bonchev–Trinajstić information content (AvgIpc) is 2.70. The normalized spacial score (nSPS) is 11.7. The standard InChI is InChI=1S/C24H32N2O3/c1-6-7-13-28-22-15-18(2)24(19(3)16-22)29-14-9-8-10-21-11-12-23(25-17-21)20(4)26-27-5/h6-7,11-12,15-17H,8-10,13-14H2,1-5H3/b7-6+,26-20+. The lowest BCUT2D eigenvalue weighted by Crippen LogP contribution is -2.03. The van der Waals surface area contributed by atoms with Crippen LogP contribution in [0.15, 0.2) is 47.8 Å². The highest BCUT2D eigenvalue weighted by molar-refractivity contribution is 5.96. The Morgan fingerprint density at radius 1 is 1.10 bits per heavy atom. The number of oxime groups is 1. The summed E-state index contributed by atoms with van der Waals surface area (Å²) in [7, 11) is 1.54.